The molecule has 0 radical (unpaired) electrons. The average Bonchev–Trinajstić information content (AvgIpc) is 3.09. The van der Waals surface area contributed by atoms with Crippen LogP contribution < -0.4 is 5.73 Å². The summed E-state index contributed by atoms with van der Waals surface area (Å²) in [4.78, 5) is 9.16. The molecule has 0 bridgehead atoms. The van der Waals surface area contributed by atoms with E-state index in [0.29, 0.717) is 35.7 Å². The van der Waals surface area contributed by atoms with Gasteiger partial charge in [-0.3, -0.25) is 0 Å². The van der Waals surface area contributed by atoms with Crippen LogP contribution in [0.5, 0.6) is 0 Å². The first-order valence-corrected chi connectivity index (χ1v) is 12.3. The minimum absolute atomic E-state index is 0.0160. The Bertz CT molecular complexity index is 1230. The Hall–Kier alpha value is -1.87. The van der Waals surface area contributed by atoms with E-state index in [0.717, 1.165) is 22.6 Å². The van der Waals surface area contributed by atoms with Crippen molar-refractivity contribution in [2.45, 2.75) is 51.2 Å². The fourth-order valence-electron chi connectivity index (χ4n) is 3.56. The monoisotopic (exact) mass is 484 g/mol. The molecule has 1 atom stereocenters. The van der Waals surface area contributed by atoms with Crippen LogP contribution in [0.4, 0.5) is 5.82 Å². The molecule has 10 heteroatoms. The minimum atomic E-state index is -3.51. The van der Waals surface area contributed by atoms with Crippen molar-refractivity contribution in [2.24, 2.45) is 0 Å². The number of nitrogens with zero attached hydrogens (tertiary/aromatic N) is 3. The van der Waals surface area contributed by atoms with E-state index >= 15 is 0 Å². The quantitative estimate of drug-likeness (QED) is 0.456. The van der Waals surface area contributed by atoms with Gasteiger partial charge in [0.15, 0.2) is 15.7 Å². The highest BCUT2D eigenvalue weighted by Crippen LogP contribution is 2.30. The van der Waals surface area contributed by atoms with Crippen LogP contribution in [0.1, 0.15) is 43.0 Å². The van der Waals surface area contributed by atoms with E-state index in [1.54, 1.807) is 7.11 Å². The molecule has 0 aliphatic heterocycles. The number of unbranched alkanes of at least 4 members (excludes halogenated alkanes) is 1. The van der Waals surface area contributed by atoms with Crippen molar-refractivity contribution < 1.29 is 13.2 Å². The summed E-state index contributed by atoms with van der Waals surface area (Å²) in [7, 11) is -1.89. The van der Waals surface area contributed by atoms with Crippen molar-refractivity contribution >= 4 is 49.9 Å². The predicted octanol–water partition coefficient (Wildman–Crippen LogP) is 4.90. The Labute approximate surface area is 192 Å². The number of hydrogen-bond donors (Lipinski definition) is 1. The lowest BCUT2D eigenvalue weighted by atomic mass is 10.2. The summed E-state index contributed by atoms with van der Waals surface area (Å²) in [6, 6.07) is 4.42. The van der Waals surface area contributed by atoms with E-state index in [9.17, 15) is 8.42 Å². The number of hydrogen-bond acceptors (Lipinski definition) is 6. The third-order valence-electron chi connectivity index (χ3n) is 5.42. The molecule has 0 saturated carbocycles. The molecule has 2 N–H and O–H groups in total. The SMILES string of the molecule is COC(C)c1nc2c(N)nc(C)c(C)c2n1CCCCS(=O)(=O)c1ccc(Cl)cc1Cl. The molecule has 7 nitrogen and oxygen atoms in total. The molecule has 0 spiro atoms. The van der Waals surface area contributed by atoms with Crippen LogP contribution in [0.3, 0.4) is 0 Å². The van der Waals surface area contributed by atoms with Gasteiger partial charge in [0.05, 0.1) is 21.2 Å². The number of aromatic nitrogens is 3. The molecule has 1 unspecified atom stereocenters. The minimum Gasteiger partial charge on any atom is -0.382 e. The van der Waals surface area contributed by atoms with Gasteiger partial charge in [-0.05, 0) is 57.4 Å². The summed E-state index contributed by atoms with van der Waals surface area (Å²) in [6.45, 7) is 6.38. The topological polar surface area (TPSA) is 100 Å². The van der Waals surface area contributed by atoms with Gasteiger partial charge in [0, 0.05) is 24.4 Å². The van der Waals surface area contributed by atoms with Crippen LogP contribution in [0.25, 0.3) is 11.0 Å². The van der Waals surface area contributed by atoms with Gasteiger partial charge in [-0.25, -0.2) is 18.4 Å². The average molecular weight is 485 g/mol. The van der Waals surface area contributed by atoms with Gasteiger partial charge in [0.2, 0.25) is 0 Å². The van der Waals surface area contributed by atoms with E-state index in [1.165, 1.54) is 18.2 Å². The number of halogens is 2. The van der Waals surface area contributed by atoms with Crippen LogP contribution >= 0.6 is 23.2 Å². The highest BCUT2D eigenvalue weighted by atomic mass is 35.5. The normalized spacial score (nSPS) is 13.1. The number of imidazole rings is 1. The Morgan fingerprint density at radius 2 is 1.90 bits per heavy atom. The number of pyridine rings is 1. The van der Waals surface area contributed by atoms with Gasteiger partial charge in [0.1, 0.15) is 17.4 Å². The second-order valence-corrected chi connectivity index (χ2v) is 10.4. The van der Waals surface area contributed by atoms with E-state index in [2.05, 4.69) is 14.5 Å². The number of methoxy groups -OCH3 is 1. The number of anilines is 1. The highest BCUT2D eigenvalue weighted by Gasteiger charge is 2.22. The Morgan fingerprint density at radius 1 is 1.19 bits per heavy atom. The number of ether oxygens (including phenoxy) is 1. The van der Waals surface area contributed by atoms with Crippen molar-refractivity contribution in [3.8, 4) is 0 Å². The number of fused-ring (bicyclic) bond motifs is 1. The second kappa shape index (κ2) is 9.32. The zero-order valence-electron chi connectivity index (χ0n) is 17.9. The fraction of sp³-hybridized carbons (Fsp3) is 0.429. The van der Waals surface area contributed by atoms with Crippen molar-refractivity contribution in [2.75, 3.05) is 18.6 Å². The van der Waals surface area contributed by atoms with Gasteiger partial charge >= 0.3 is 0 Å². The molecule has 1 aromatic carbocycles. The van der Waals surface area contributed by atoms with E-state index < -0.39 is 9.84 Å². The summed E-state index contributed by atoms with van der Waals surface area (Å²) in [6.07, 6.45) is 0.837. The fourth-order valence-corrected chi connectivity index (χ4v) is 5.76. The Kier molecular flexibility index (Phi) is 7.15. The van der Waals surface area contributed by atoms with E-state index in [4.69, 9.17) is 33.7 Å². The summed E-state index contributed by atoms with van der Waals surface area (Å²) < 4.78 is 33.0. The maximum absolute atomic E-state index is 12.7. The molecule has 3 rings (SSSR count). The summed E-state index contributed by atoms with van der Waals surface area (Å²) >= 11 is 12.0. The van der Waals surface area contributed by atoms with Gasteiger partial charge in [0.25, 0.3) is 0 Å². The number of sulfone groups is 1. The van der Waals surface area contributed by atoms with E-state index in [1.807, 2.05) is 20.8 Å². The van der Waals surface area contributed by atoms with Crippen LogP contribution in [-0.4, -0.2) is 35.8 Å². The molecule has 0 saturated heterocycles. The zero-order chi connectivity index (χ0) is 22.9. The Morgan fingerprint density at radius 3 is 2.55 bits per heavy atom. The van der Waals surface area contributed by atoms with Crippen molar-refractivity contribution in [1.82, 2.24) is 14.5 Å². The molecule has 0 aliphatic carbocycles. The summed E-state index contributed by atoms with van der Waals surface area (Å²) in [5.74, 6) is 1.10. The molecular weight excluding hydrogens is 459 g/mol. The zero-order valence-corrected chi connectivity index (χ0v) is 20.3. The standard InChI is InChI=1S/C21H26Cl2N4O3S/c1-12-13(2)25-20(24)18-19(12)27(21(26-18)14(3)30-4)9-5-6-10-31(28,29)17-8-7-15(22)11-16(17)23/h7-8,11,14H,5-6,9-10H2,1-4H3,(H2,24,25). The van der Waals surface area contributed by atoms with Gasteiger partial charge in [-0.15, -0.1) is 0 Å². The lowest BCUT2D eigenvalue weighted by Gasteiger charge is -2.15. The van der Waals surface area contributed by atoms with Crippen LogP contribution in [0.15, 0.2) is 23.1 Å². The summed E-state index contributed by atoms with van der Waals surface area (Å²) in [5.41, 5.74) is 9.50. The summed E-state index contributed by atoms with van der Waals surface area (Å²) in [5, 5.41) is 0.536. The molecule has 0 fully saturated rings. The number of nitrogens with two attached hydrogens (primary N) is 1. The van der Waals surface area contributed by atoms with Crippen LogP contribution in [-0.2, 0) is 21.1 Å². The van der Waals surface area contributed by atoms with Crippen LogP contribution in [0.2, 0.25) is 10.0 Å². The molecule has 2 heterocycles. The number of nitrogen functional groups attached to an aromatic ring is 1. The van der Waals surface area contributed by atoms with Crippen molar-refractivity contribution in [1.29, 1.82) is 0 Å². The first-order chi connectivity index (χ1) is 14.6. The second-order valence-electron chi connectivity index (χ2n) is 7.50. The van der Waals surface area contributed by atoms with Crippen molar-refractivity contribution in [3.63, 3.8) is 0 Å². The lowest BCUT2D eigenvalue weighted by molar-refractivity contribution is 0.109. The Balaban J connectivity index is 1.83. The third-order valence-corrected chi connectivity index (χ3v) is 7.93. The van der Waals surface area contributed by atoms with Gasteiger partial charge in [-0.1, -0.05) is 23.2 Å². The van der Waals surface area contributed by atoms with Gasteiger partial charge in [-0.2, -0.15) is 0 Å². The molecule has 168 valence electrons. The van der Waals surface area contributed by atoms with Gasteiger partial charge < -0.3 is 15.0 Å². The first kappa shape index (κ1) is 23.8. The third kappa shape index (κ3) is 4.82. The maximum Gasteiger partial charge on any atom is 0.179 e. The van der Waals surface area contributed by atoms with Crippen LogP contribution in [0, 0.1) is 13.8 Å². The molecule has 2 aromatic heterocycles. The maximum atomic E-state index is 12.7. The molecule has 0 amide bonds. The number of aryl methyl sites for hydroxylation is 3. The number of benzene rings is 1. The largest absolute Gasteiger partial charge is 0.382 e. The smallest absolute Gasteiger partial charge is 0.179 e. The molecule has 0 aliphatic rings. The van der Waals surface area contributed by atoms with E-state index in [-0.39, 0.29) is 21.8 Å². The molecule has 31 heavy (non-hydrogen) atoms. The molecular formula is C21H26Cl2N4O3S. The highest BCUT2D eigenvalue weighted by molar-refractivity contribution is 7.91. The first-order valence-electron chi connectivity index (χ1n) is 9.90. The predicted molar refractivity (Wildman–Crippen MR) is 125 cm³/mol. The number of rotatable bonds is 8. The lowest BCUT2D eigenvalue weighted by Crippen LogP contribution is -2.12. The van der Waals surface area contributed by atoms with Crippen molar-refractivity contribution in [3.05, 3.63) is 45.3 Å². The molecule has 3 aromatic rings.